The third-order valence-corrected chi connectivity index (χ3v) is 1.77. The molecule has 0 heterocycles. The highest BCUT2D eigenvalue weighted by atomic mass is 16.3. The van der Waals surface area contributed by atoms with E-state index >= 15 is 0 Å². The molecular formula is C10H12O3. The molecule has 1 atom stereocenters. The Morgan fingerprint density at radius 1 is 1.31 bits per heavy atom. The van der Waals surface area contributed by atoms with Gasteiger partial charge in [-0.1, -0.05) is 30.3 Å². The lowest BCUT2D eigenvalue weighted by molar-refractivity contribution is -0.128. The number of aliphatic hydroxyl groups excluding tert-OH is 2. The molecule has 0 aromatic heterocycles. The lowest BCUT2D eigenvalue weighted by Gasteiger charge is -2.05. The molecule has 0 aliphatic rings. The zero-order valence-corrected chi connectivity index (χ0v) is 7.18. The molecule has 2 N–H and O–H groups in total. The number of Topliss-reactive ketones (excluding diaryl/α,β-unsaturated/α-hetero) is 1. The van der Waals surface area contributed by atoms with E-state index in [1.54, 1.807) is 0 Å². The first-order chi connectivity index (χ1) is 6.24. The molecule has 0 radical (unpaired) electrons. The molecule has 70 valence electrons. The van der Waals surface area contributed by atoms with Crippen LogP contribution in [0.1, 0.15) is 5.56 Å². The Balaban J connectivity index is 2.55. The molecule has 1 aromatic carbocycles. The Morgan fingerprint density at radius 3 is 2.46 bits per heavy atom. The van der Waals surface area contributed by atoms with Crippen LogP contribution in [0.4, 0.5) is 0 Å². The van der Waals surface area contributed by atoms with Crippen LogP contribution in [0.5, 0.6) is 0 Å². The number of aliphatic hydroxyl groups is 2. The topological polar surface area (TPSA) is 57.5 Å². The van der Waals surface area contributed by atoms with Gasteiger partial charge in [-0.05, 0) is 5.56 Å². The van der Waals surface area contributed by atoms with E-state index in [0.717, 1.165) is 5.56 Å². The fraction of sp³-hybridized carbons (Fsp3) is 0.300. The second kappa shape index (κ2) is 4.74. The minimum atomic E-state index is -1.25. The van der Waals surface area contributed by atoms with Crippen LogP contribution < -0.4 is 0 Å². The summed E-state index contributed by atoms with van der Waals surface area (Å²) in [6.45, 7) is -0.508. The molecule has 1 rings (SSSR count). The standard InChI is InChI=1S/C10H12O3/c11-7-10(13)9(12)6-8-4-2-1-3-5-8/h1-5,10-11,13H,6-7H2/t10-/m0/s1. The fourth-order valence-electron chi connectivity index (χ4n) is 1.02. The molecule has 1 aromatic rings. The van der Waals surface area contributed by atoms with Crippen molar-refractivity contribution in [3.8, 4) is 0 Å². The van der Waals surface area contributed by atoms with Crippen LogP contribution >= 0.6 is 0 Å². The number of hydrogen-bond acceptors (Lipinski definition) is 3. The summed E-state index contributed by atoms with van der Waals surface area (Å²) in [5, 5.41) is 17.5. The number of ketones is 1. The van der Waals surface area contributed by atoms with Gasteiger partial charge in [0.2, 0.25) is 0 Å². The van der Waals surface area contributed by atoms with Gasteiger partial charge in [-0.25, -0.2) is 0 Å². The Bertz CT molecular complexity index is 269. The maximum absolute atomic E-state index is 11.1. The van der Waals surface area contributed by atoms with E-state index in [4.69, 9.17) is 10.2 Å². The zero-order valence-electron chi connectivity index (χ0n) is 7.18. The first-order valence-electron chi connectivity index (χ1n) is 4.09. The first kappa shape index (κ1) is 9.89. The van der Waals surface area contributed by atoms with E-state index in [2.05, 4.69) is 0 Å². The molecule has 3 nitrogen and oxygen atoms in total. The minimum absolute atomic E-state index is 0.169. The number of benzene rings is 1. The minimum Gasteiger partial charge on any atom is -0.393 e. The van der Waals surface area contributed by atoms with Crippen LogP contribution in [0.25, 0.3) is 0 Å². The van der Waals surface area contributed by atoms with Crippen molar-refractivity contribution in [2.75, 3.05) is 6.61 Å². The number of carbonyl (C=O) groups is 1. The van der Waals surface area contributed by atoms with Crippen molar-refractivity contribution < 1.29 is 15.0 Å². The molecule has 0 saturated carbocycles. The largest absolute Gasteiger partial charge is 0.393 e. The van der Waals surface area contributed by atoms with Crippen molar-refractivity contribution >= 4 is 5.78 Å². The van der Waals surface area contributed by atoms with Crippen LogP contribution in [0.3, 0.4) is 0 Å². The van der Waals surface area contributed by atoms with E-state index in [1.165, 1.54) is 0 Å². The molecule has 0 fully saturated rings. The Morgan fingerprint density at radius 2 is 1.92 bits per heavy atom. The smallest absolute Gasteiger partial charge is 0.167 e. The Kier molecular flexibility index (Phi) is 3.61. The Labute approximate surface area is 76.6 Å². The lowest BCUT2D eigenvalue weighted by Crippen LogP contribution is -2.25. The van der Waals surface area contributed by atoms with Gasteiger partial charge in [-0.15, -0.1) is 0 Å². The summed E-state index contributed by atoms with van der Waals surface area (Å²) in [6.07, 6.45) is -1.08. The summed E-state index contributed by atoms with van der Waals surface area (Å²) in [5.74, 6) is -0.353. The highest BCUT2D eigenvalue weighted by molar-refractivity contribution is 5.85. The van der Waals surface area contributed by atoms with Crippen LogP contribution in [0.2, 0.25) is 0 Å². The van der Waals surface area contributed by atoms with Crippen molar-refractivity contribution in [2.24, 2.45) is 0 Å². The van der Waals surface area contributed by atoms with Gasteiger partial charge in [0.05, 0.1) is 6.61 Å². The van der Waals surface area contributed by atoms with Crippen molar-refractivity contribution in [1.82, 2.24) is 0 Å². The van der Waals surface area contributed by atoms with Crippen LogP contribution in [-0.4, -0.2) is 28.7 Å². The summed E-state index contributed by atoms with van der Waals surface area (Å²) in [5.41, 5.74) is 0.847. The van der Waals surface area contributed by atoms with Crippen molar-refractivity contribution in [3.05, 3.63) is 35.9 Å². The maximum atomic E-state index is 11.1. The second-order valence-electron chi connectivity index (χ2n) is 2.83. The van der Waals surface area contributed by atoms with Gasteiger partial charge >= 0.3 is 0 Å². The van der Waals surface area contributed by atoms with Gasteiger partial charge in [0.15, 0.2) is 5.78 Å². The van der Waals surface area contributed by atoms with E-state index in [0.29, 0.717) is 0 Å². The second-order valence-corrected chi connectivity index (χ2v) is 2.83. The average molecular weight is 180 g/mol. The molecule has 3 heteroatoms. The predicted molar refractivity (Wildman–Crippen MR) is 48.2 cm³/mol. The van der Waals surface area contributed by atoms with Gasteiger partial charge in [-0.3, -0.25) is 4.79 Å². The third kappa shape index (κ3) is 2.97. The number of hydrogen-bond donors (Lipinski definition) is 2. The van der Waals surface area contributed by atoms with E-state index in [9.17, 15) is 4.79 Å². The van der Waals surface area contributed by atoms with Crippen molar-refractivity contribution in [3.63, 3.8) is 0 Å². The molecule has 13 heavy (non-hydrogen) atoms. The van der Waals surface area contributed by atoms with Gasteiger partial charge in [0.25, 0.3) is 0 Å². The van der Waals surface area contributed by atoms with Gasteiger partial charge in [0.1, 0.15) is 6.10 Å². The maximum Gasteiger partial charge on any atom is 0.167 e. The third-order valence-electron chi connectivity index (χ3n) is 1.77. The summed E-state index contributed by atoms with van der Waals surface area (Å²) in [4.78, 5) is 11.1. The summed E-state index contributed by atoms with van der Waals surface area (Å²) < 4.78 is 0. The fourth-order valence-corrected chi connectivity index (χ4v) is 1.02. The summed E-state index contributed by atoms with van der Waals surface area (Å²) in [7, 11) is 0. The molecule has 0 saturated heterocycles. The van der Waals surface area contributed by atoms with Crippen LogP contribution in [0, 0.1) is 0 Å². The lowest BCUT2D eigenvalue weighted by atomic mass is 10.1. The molecule has 0 aliphatic carbocycles. The normalized spacial score (nSPS) is 12.5. The highest BCUT2D eigenvalue weighted by Crippen LogP contribution is 2.01. The first-order valence-corrected chi connectivity index (χ1v) is 4.09. The highest BCUT2D eigenvalue weighted by Gasteiger charge is 2.13. The van der Waals surface area contributed by atoms with E-state index in [1.807, 2.05) is 30.3 Å². The molecule has 0 amide bonds. The zero-order chi connectivity index (χ0) is 9.68. The summed E-state index contributed by atoms with van der Waals surface area (Å²) in [6, 6.07) is 9.13. The van der Waals surface area contributed by atoms with Gasteiger partial charge in [-0.2, -0.15) is 0 Å². The number of carbonyl (C=O) groups excluding carboxylic acids is 1. The Hall–Kier alpha value is -1.19. The average Bonchev–Trinajstić information content (AvgIpc) is 2.18. The van der Waals surface area contributed by atoms with Crippen molar-refractivity contribution in [1.29, 1.82) is 0 Å². The molecule has 0 bridgehead atoms. The van der Waals surface area contributed by atoms with Gasteiger partial charge < -0.3 is 10.2 Å². The predicted octanol–water partition coefficient (Wildman–Crippen LogP) is 0.151. The van der Waals surface area contributed by atoms with E-state index in [-0.39, 0.29) is 12.2 Å². The number of rotatable bonds is 4. The van der Waals surface area contributed by atoms with E-state index < -0.39 is 12.7 Å². The molecule has 0 spiro atoms. The molecular weight excluding hydrogens is 168 g/mol. The monoisotopic (exact) mass is 180 g/mol. The summed E-state index contributed by atoms with van der Waals surface area (Å²) >= 11 is 0. The molecule has 0 unspecified atom stereocenters. The van der Waals surface area contributed by atoms with Gasteiger partial charge in [0, 0.05) is 6.42 Å². The van der Waals surface area contributed by atoms with Crippen molar-refractivity contribution in [2.45, 2.75) is 12.5 Å². The quantitative estimate of drug-likeness (QED) is 0.693. The SMILES string of the molecule is O=C(Cc1ccccc1)[C@@H](O)CO. The molecule has 0 aliphatic heterocycles. The van der Waals surface area contributed by atoms with Crippen LogP contribution in [-0.2, 0) is 11.2 Å². The van der Waals surface area contributed by atoms with Crippen LogP contribution in [0.15, 0.2) is 30.3 Å².